The standard InChI is InChI=1S/C14H24O4/c1-11(2)14(16)18-10-12(15)9-17-13-7-5-3-4-6-8-13/h12-13,15H,1,3-10H2,2H3. The Kier molecular flexibility index (Phi) is 6.98. The van der Waals surface area contributed by atoms with Gasteiger partial charge in [-0.05, 0) is 19.8 Å². The van der Waals surface area contributed by atoms with E-state index < -0.39 is 12.1 Å². The SMILES string of the molecule is C=C(C)C(=O)OCC(O)COC1CCCCCC1. The summed E-state index contributed by atoms with van der Waals surface area (Å²) >= 11 is 0. The van der Waals surface area contributed by atoms with Crippen LogP contribution in [0.1, 0.15) is 45.4 Å². The molecule has 18 heavy (non-hydrogen) atoms. The molecule has 0 radical (unpaired) electrons. The molecule has 1 atom stereocenters. The van der Waals surface area contributed by atoms with Gasteiger partial charge in [-0.2, -0.15) is 0 Å². The number of aliphatic hydroxyl groups excluding tert-OH is 1. The Labute approximate surface area is 109 Å². The second-order valence-corrected chi connectivity index (χ2v) is 4.98. The van der Waals surface area contributed by atoms with Crippen molar-refractivity contribution >= 4 is 5.97 Å². The lowest BCUT2D eigenvalue weighted by Crippen LogP contribution is -2.26. The predicted molar refractivity (Wildman–Crippen MR) is 69.2 cm³/mol. The minimum atomic E-state index is -0.753. The average Bonchev–Trinajstić information content (AvgIpc) is 2.61. The Morgan fingerprint density at radius 1 is 1.28 bits per heavy atom. The molecule has 0 aliphatic heterocycles. The fourth-order valence-electron chi connectivity index (χ4n) is 2.00. The molecule has 1 aliphatic rings. The Morgan fingerprint density at radius 2 is 1.89 bits per heavy atom. The van der Waals surface area contributed by atoms with Crippen molar-refractivity contribution in [1.82, 2.24) is 0 Å². The van der Waals surface area contributed by atoms with Gasteiger partial charge in [0.1, 0.15) is 12.7 Å². The minimum absolute atomic E-state index is 0.0294. The lowest BCUT2D eigenvalue weighted by atomic mass is 10.1. The van der Waals surface area contributed by atoms with Gasteiger partial charge in [0.25, 0.3) is 0 Å². The van der Waals surface area contributed by atoms with Crippen LogP contribution in [0.25, 0.3) is 0 Å². The lowest BCUT2D eigenvalue weighted by molar-refractivity contribution is -0.143. The van der Waals surface area contributed by atoms with E-state index in [0.29, 0.717) is 5.57 Å². The largest absolute Gasteiger partial charge is 0.460 e. The highest BCUT2D eigenvalue weighted by Crippen LogP contribution is 2.19. The molecule has 1 rings (SSSR count). The summed E-state index contributed by atoms with van der Waals surface area (Å²) in [4.78, 5) is 11.1. The van der Waals surface area contributed by atoms with Gasteiger partial charge >= 0.3 is 5.97 Å². The first-order chi connectivity index (χ1) is 8.59. The van der Waals surface area contributed by atoms with Crippen LogP contribution in [0.2, 0.25) is 0 Å². The zero-order chi connectivity index (χ0) is 13.4. The highest BCUT2D eigenvalue weighted by Gasteiger charge is 2.15. The number of aliphatic hydroxyl groups is 1. The van der Waals surface area contributed by atoms with Crippen LogP contribution in [-0.2, 0) is 14.3 Å². The second-order valence-electron chi connectivity index (χ2n) is 4.98. The van der Waals surface area contributed by atoms with E-state index in [0.717, 1.165) is 12.8 Å². The molecule has 0 heterocycles. The molecular formula is C14H24O4. The molecule has 0 amide bonds. The molecule has 1 unspecified atom stereocenters. The Bertz CT molecular complexity index is 267. The van der Waals surface area contributed by atoms with E-state index in [1.165, 1.54) is 25.7 Å². The summed E-state index contributed by atoms with van der Waals surface area (Å²) in [6.07, 6.45) is 6.58. The molecule has 0 aromatic rings. The summed E-state index contributed by atoms with van der Waals surface area (Å²) in [5.41, 5.74) is 0.340. The number of esters is 1. The van der Waals surface area contributed by atoms with Crippen LogP contribution < -0.4 is 0 Å². The van der Waals surface area contributed by atoms with Crippen LogP contribution in [0.15, 0.2) is 12.2 Å². The van der Waals surface area contributed by atoms with E-state index in [4.69, 9.17) is 9.47 Å². The third-order valence-corrected chi connectivity index (χ3v) is 3.08. The smallest absolute Gasteiger partial charge is 0.333 e. The number of ether oxygens (including phenoxy) is 2. The maximum absolute atomic E-state index is 11.1. The molecule has 1 fully saturated rings. The van der Waals surface area contributed by atoms with E-state index in [2.05, 4.69) is 6.58 Å². The summed E-state index contributed by atoms with van der Waals surface area (Å²) in [6.45, 7) is 5.26. The van der Waals surface area contributed by atoms with Crippen molar-refractivity contribution < 1.29 is 19.4 Å². The Balaban J connectivity index is 2.13. The highest BCUT2D eigenvalue weighted by molar-refractivity contribution is 5.86. The van der Waals surface area contributed by atoms with Gasteiger partial charge in [0, 0.05) is 5.57 Å². The molecule has 4 nitrogen and oxygen atoms in total. The number of hydrogen-bond acceptors (Lipinski definition) is 4. The highest BCUT2D eigenvalue weighted by atomic mass is 16.5. The summed E-state index contributed by atoms with van der Waals surface area (Å²) in [5.74, 6) is -0.469. The maximum Gasteiger partial charge on any atom is 0.333 e. The molecule has 1 N–H and O–H groups in total. The second kappa shape index (κ2) is 8.27. The number of carbonyl (C=O) groups excluding carboxylic acids is 1. The minimum Gasteiger partial charge on any atom is -0.460 e. The third kappa shape index (κ3) is 6.17. The van der Waals surface area contributed by atoms with E-state index in [1.807, 2.05) is 0 Å². The zero-order valence-corrected chi connectivity index (χ0v) is 11.2. The summed E-state index contributed by atoms with van der Waals surface area (Å²) in [5, 5.41) is 9.65. The molecule has 4 heteroatoms. The molecule has 0 bridgehead atoms. The van der Waals surface area contributed by atoms with E-state index >= 15 is 0 Å². The summed E-state index contributed by atoms with van der Waals surface area (Å²) < 4.78 is 10.5. The first kappa shape index (κ1) is 15.2. The monoisotopic (exact) mass is 256 g/mol. The van der Waals surface area contributed by atoms with E-state index in [1.54, 1.807) is 6.92 Å². The topological polar surface area (TPSA) is 55.8 Å². The summed E-state index contributed by atoms with van der Waals surface area (Å²) in [6, 6.07) is 0. The molecule has 104 valence electrons. The van der Waals surface area contributed by atoms with E-state index in [9.17, 15) is 9.90 Å². The first-order valence-electron chi connectivity index (χ1n) is 6.72. The van der Waals surface area contributed by atoms with Gasteiger partial charge < -0.3 is 14.6 Å². The van der Waals surface area contributed by atoms with Crippen molar-refractivity contribution in [3.8, 4) is 0 Å². The van der Waals surface area contributed by atoms with Crippen molar-refractivity contribution in [2.24, 2.45) is 0 Å². The average molecular weight is 256 g/mol. The first-order valence-corrected chi connectivity index (χ1v) is 6.72. The van der Waals surface area contributed by atoms with Gasteiger partial charge in [0.15, 0.2) is 0 Å². The lowest BCUT2D eigenvalue weighted by Gasteiger charge is -2.18. The zero-order valence-electron chi connectivity index (χ0n) is 11.2. The van der Waals surface area contributed by atoms with Gasteiger partial charge in [0.05, 0.1) is 12.7 Å². The van der Waals surface area contributed by atoms with Crippen LogP contribution in [0.5, 0.6) is 0 Å². The van der Waals surface area contributed by atoms with Crippen LogP contribution >= 0.6 is 0 Å². The molecular weight excluding hydrogens is 232 g/mol. The third-order valence-electron chi connectivity index (χ3n) is 3.08. The van der Waals surface area contributed by atoms with Crippen LogP contribution in [0.4, 0.5) is 0 Å². The number of rotatable bonds is 6. The number of carbonyl (C=O) groups is 1. The normalized spacial score (nSPS) is 19.0. The van der Waals surface area contributed by atoms with Gasteiger partial charge in [-0.1, -0.05) is 32.3 Å². The van der Waals surface area contributed by atoms with Crippen molar-refractivity contribution in [2.45, 2.75) is 57.7 Å². The van der Waals surface area contributed by atoms with E-state index in [-0.39, 0.29) is 19.3 Å². The molecule has 0 saturated heterocycles. The van der Waals surface area contributed by atoms with Crippen LogP contribution in [-0.4, -0.2) is 36.5 Å². The maximum atomic E-state index is 11.1. The molecule has 0 aromatic heterocycles. The predicted octanol–water partition coefficient (Wildman–Crippen LogP) is 2.21. The van der Waals surface area contributed by atoms with Crippen molar-refractivity contribution in [1.29, 1.82) is 0 Å². The van der Waals surface area contributed by atoms with Gasteiger partial charge in [-0.15, -0.1) is 0 Å². The molecule has 0 aromatic carbocycles. The fourth-order valence-corrected chi connectivity index (χ4v) is 2.00. The van der Waals surface area contributed by atoms with Crippen molar-refractivity contribution in [2.75, 3.05) is 13.2 Å². The van der Waals surface area contributed by atoms with Crippen LogP contribution in [0.3, 0.4) is 0 Å². The van der Waals surface area contributed by atoms with Crippen molar-refractivity contribution in [3.63, 3.8) is 0 Å². The quantitative estimate of drug-likeness (QED) is 0.450. The molecule has 1 saturated carbocycles. The Hall–Kier alpha value is -0.870. The van der Waals surface area contributed by atoms with Gasteiger partial charge in [-0.3, -0.25) is 0 Å². The van der Waals surface area contributed by atoms with Gasteiger partial charge in [-0.25, -0.2) is 4.79 Å². The van der Waals surface area contributed by atoms with Crippen LogP contribution in [0, 0.1) is 0 Å². The van der Waals surface area contributed by atoms with Crippen molar-refractivity contribution in [3.05, 3.63) is 12.2 Å². The number of hydrogen-bond donors (Lipinski definition) is 1. The Morgan fingerprint density at radius 3 is 2.44 bits per heavy atom. The fraction of sp³-hybridized carbons (Fsp3) is 0.786. The molecule has 1 aliphatic carbocycles. The van der Waals surface area contributed by atoms with Gasteiger partial charge in [0.2, 0.25) is 0 Å². The summed E-state index contributed by atoms with van der Waals surface area (Å²) in [7, 11) is 0. The molecule has 0 spiro atoms.